The second-order valence-corrected chi connectivity index (χ2v) is 17.3. The van der Waals surface area contributed by atoms with Crippen LogP contribution in [0.5, 0.6) is 0 Å². The Kier molecular flexibility index (Phi) is 37.4. The minimum absolute atomic E-state index is 0.00509. The zero-order valence-corrected chi connectivity index (χ0v) is 41.2. The molecular formula is C45H87N3O13. The van der Waals surface area contributed by atoms with Gasteiger partial charge in [0.1, 0.15) is 25.9 Å². The Labute approximate surface area is 368 Å². The second-order valence-electron chi connectivity index (χ2n) is 17.3. The lowest BCUT2D eigenvalue weighted by atomic mass is 9.90. The van der Waals surface area contributed by atoms with E-state index < -0.39 is 28.9 Å². The summed E-state index contributed by atoms with van der Waals surface area (Å²) < 4.78 is 19.4. The highest BCUT2D eigenvalue weighted by atomic mass is 16.6. The number of carboxylic acid groups (broad SMARTS) is 1. The van der Waals surface area contributed by atoms with Crippen LogP contribution < -0.4 is 16.4 Å². The van der Waals surface area contributed by atoms with Crippen molar-refractivity contribution in [3.63, 3.8) is 0 Å². The molecule has 16 heteroatoms. The third kappa shape index (κ3) is 34.3. The number of methoxy groups -OCH3 is 1. The normalized spacial score (nSPS) is 12.4. The third-order valence-corrected chi connectivity index (χ3v) is 10.2. The van der Waals surface area contributed by atoms with Crippen LogP contribution in [0.4, 0.5) is 0 Å². The summed E-state index contributed by atoms with van der Waals surface area (Å²) in [6.45, 7) is 35.3. The van der Waals surface area contributed by atoms with Crippen molar-refractivity contribution in [2.24, 2.45) is 39.2 Å². The molecule has 0 aliphatic carbocycles. The van der Waals surface area contributed by atoms with E-state index in [-0.39, 0.29) is 77.8 Å². The molecule has 360 valence electrons. The fraction of sp³-hybridized carbons (Fsp3) is 0.800. The number of nitrogens with two attached hydrogens (primary N) is 1. The Morgan fingerprint density at radius 3 is 1.25 bits per heavy atom. The monoisotopic (exact) mass is 878 g/mol. The van der Waals surface area contributed by atoms with Gasteiger partial charge in [0.2, 0.25) is 17.7 Å². The highest BCUT2D eigenvalue weighted by molar-refractivity contribution is 5.87. The van der Waals surface area contributed by atoms with E-state index in [1.54, 1.807) is 34.8 Å². The van der Waals surface area contributed by atoms with Crippen LogP contribution in [-0.4, -0.2) is 98.1 Å². The molecule has 0 aliphatic rings. The fourth-order valence-electron chi connectivity index (χ4n) is 2.68. The maximum Gasteiger partial charge on any atom is 0.333 e. The van der Waals surface area contributed by atoms with Crippen molar-refractivity contribution in [3.8, 4) is 0 Å². The van der Waals surface area contributed by atoms with E-state index in [0.29, 0.717) is 26.1 Å². The number of carboxylic acids is 1. The first-order valence-corrected chi connectivity index (χ1v) is 21.2. The Balaban J connectivity index is -0.000000222. The first kappa shape index (κ1) is 66.1. The number of hydrogen-bond donors (Lipinski definition) is 5. The lowest BCUT2D eigenvalue weighted by molar-refractivity contribution is -0.159. The number of nitrogens with one attached hydrogen (secondary N) is 2. The van der Waals surface area contributed by atoms with Crippen LogP contribution in [0.1, 0.15) is 156 Å². The summed E-state index contributed by atoms with van der Waals surface area (Å²) in [6, 6.07) is 0. The zero-order valence-electron chi connectivity index (χ0n) is 41.2. The molecule has 0 rings (SSSR count). The highest BCUT2D eigenvalue weighted by Gasteiger charge is 2.28. The molecule has 0 fully saturated rings. The average molecular weight is 878 g/mol. The number of esters is 3. The number of aliphatic carboxylic acids is 1. The Bertz CT molecular complexity index is 1260. The molecule has 0 saturated heterocycles. The molecule has 0 aliphatic heterocycles. The van der Waals surface area contributed by atoms with Crippen LogP contribution in [0.15, 0.2) is 12.2 Å². The molecule has 3 amide bonds. The second kappa shape index (κ2) is 34.5. The van der Waals surface area contributed by atoms with Gasteiger partial charge < -0.3 is 45.5 Å². The number of hydrogen-bond acceptors (Lipinski definition) is 12. The first-order chi connectivity index (χ1) is 27.8. The Hall–Kier alpha value is -4.05. The van der Waals surface area contributed by atoms with Gasteiger partial charge in [0.05, 0.1) is 29.5 Å². The summed E-state index contributed by atoms with van der Waals surface area (Å²) in [7, 11) is 1.58. The lowest BCUT2D eigenvalue weighted by Crippen LogP contribution is -2.41. The predicted octanol–water partition coefficient (Wildman–Crippen LogP) is 6.74. The molecule has 61 heavy (non-hydrogen) atoms. The van der Waals surface area contributed by atoms with E-state index in [1.807, 2.05) is 83.1 Å². The maximum absolute atomic E-state index is 11.6. The standard InChI is InChI=1S/C13H22O5.C11H22N2O2.C9H18O3.C6H13NO.C6H12O2/c1-6-13(4,5)12(16)18-8-10(14)7-17-11(15)9(2)3;1-5-8(3)10(14)12-7-13-11(15)9(4)6-2;1-5-9(2,3)8(10)12-7-6-11-4;2*1-4-6(2,3)5(7)8/h10,14H,2,6-8H2,1,3-5H3;8-9H,5-7H2,1-4H3,(H,12,14)(H,13,15);5-7H2,1-4H3;4H2,1-3H3,(H2,7,8);4H2,1-3H3,(H,7,8). The molecular weight excluding hydrogens is 791 g/mol. The third-order valence-electron chi connectivity index (χ3n) is 10.2. The minimum Gasteiger partial charge on any atom is -0.481 e. The van der Waals surface area contributed by atoms with Crippen LogP contribution >= 0.6 is 0 Å². The van der Waals surface area contributed by atoms with Gasteiger partial charge in [-0.3, -0.25) is 28.8 Å². The van der Waals surface area contributed by atoms with Crippen molar-refractivity contribution in [1.82, 2.24) is 10.6 Å². The largest absolute Gasteiger partial charge is 0.481 e. The van der Waals surface area contributed by atoms with Crippen molar-refractivity contribution in [1.29, 1.82) is 0 Å². The van der Waals surface area contributed by atoms with E-state index in [9.17, 15) is 38.7 Å². The van der Waals surface area contributed by atoms with Gasteiger partial charge in [0.25, 0.3) is 0 Å². The Morgan fingerprint density at radius 2 is 0.984 bits per heavy atom. The number of primary amides is 1. The van der Waals surface area contributed by atoms with Gasteiger partial charge in [-0.25, -0.2) is 4.79 Å². The van der Waals surface area contributed by atoms with Crippen molar-refractivity contribution in [2.75, 3.05) is 40.2 Å². The van der Waals surface area contributed by atoms with Crippen molar-refractivity contribution < 1.29 is 62.7 Å². The van der Waals surface area contributed by atoms with E-state index in [2.05, 4.69) is 17.2 Å². The maximum atomic E-state index is 11.6. The lowest BCUT2D eigenvalue weighted by Gasteiger charge is -2.21. The molecule has 0 aromatic rings. The van der Waals surface area contributed by atoms with Crippen molar-refractivity contribution in [3.05, 3.63) is 12.2 Å². The summed E-state index contributed by atoms with van der Waals surface area (Å²) in [6.07, 6.45) is 3.52. The molecule has 16 nitrogen and oxygen atoms in total. The van der Waals surface area contributed by atoms with Crippen LogP contribution in [-0.2, 0) is 52.5 Å². The average Bonchev–Trinajstić information content (AvgIpc) is 3.21. The number of carbonyl (C=O) groups is 7. The summed E-state index contributed by atoms with van der Waals surface area (Å²) in [5, 5.41) is 23.3. The van der Waals surface area contributed by atoms with Crippen LogP contribution in [0.2, 0.25) is 0 Å². The number of aliphatic hydroxyl groups excluding tert-OH is 1. The number of aliphatic hydroxyl groups is 1. The highest BCUT2D eigenvalue weighted by Crippen LogP contribution is 2.22. The first-order valence-electron chi connectivity index (χ1n) is 21.2. The quantitative estimate of drug-likeness (QED) is 0.0249. The number of rotatable bonds is 22. The molecule has 0 spiro atoms. The molecule has 3 unspecified atom stereocenters. The van der Waals surface area contributed by atoms with Gasteiger partial charge in [-0.1, -0.05) is 75.8 Å². The molecule has 3 atom stereocenters. The number of ether oxygens (including phenoxy) is 4. The van der Waals surface area contributed by atoms with Gasteiger partial charge >= 0.3 is 23.9 Å². The molecule has 0 saturated carbocycles. The molecule has 0 heterocycles. The summed E-state index contributed by atoms with van der Waals surface area (Å²) in [5.74, 6) is -2.06. The molecule has 0 aromatic heterocycles. The zero-order chi connectivity index (χ0) is 49.4. The summed E-state index contributed by atoms with van der Waals surface area (Å²) >= 11 is 0. The summed E-state index contributed by atoms with van der Waals surface area (Å²) in [4.78, 5) is 77.3. The van der Waals surface area contributed by atoms with Crippen LogP contribution in [0.25, 0.3) is 0 Å². The van der Waals surface area contributed by atoms with Crippen LogP contribution in [0, 0.1) is 33.5 Å². The van der Waals surface area contributed by atoms with E-state index in [1.165, 1.54) is 6.92 Å². The Morgan fingerprint density at radius 1 is 0.623 bits per heavy atom. The minimum atomic E-state index is -1.02. The van der Waals surface area contributed by atoms with Crippen molar-refractivity contribution in [2.45, 2.75) is 162 Å². The van der Waals surface area contributed by atoms with Crippen molar-refractivity contribution >= 4 is 41.6 Å². The van der Waals surface area contributed by atoms with E-state index in [4.69, 9.17) is 29.8 Å². The van der Waals surface area contributed by atoms with Gasteiger partial charge in [-0.15, -0.1) is 0 Å². The molecule has 0 aromatic carbocycles. The predicted molar refractivity (Wildman–Crippen MR) is 239 cm³/mol. The van der Waals surface area contributed by atoms with Crippen LogP contribution in [0.3, 0.4) is 0 Å². The van der Waals surface area contributed by atoms with Gasteiger partial charge in [0.15, 0.2) is 0 Å². The smallest absolute Gasteiger partial charge is 0.333 e. The number of carbonyl (C=O) groups excluding carboxylic acids is 6. The fourth-order valence-corrected chi connectivity index (χ4v) is 2.68. The summed E-state index contributed by atoms with van der Waals surface area (Å²) in [5.41, 5.74) is 3.49. The van der Waals surface area contributed by atoms with Gasteiger partial charge in [-0.05, 0) is 87.0 Å². The molecule has 0 radical (unpaired) electrons. The SMILES string of the molecule is C=C(C)C(=O)OCC(O)COC(=O)C(C)(C)CC.CCC(C)(C)C(=O)O.CCC(C)(C)C(=O)OCCOC.CCC(C)(C)C(N)=O.CCC(C)C(=O)NCNC(=O)C(C)CC. The van der Waals surface area contributed by atoms with Gasteiger partial charge in [-0.2, -0.15) is 0 Å². The van der Waals surface area contributed by atoms with E-state index in [0.717, 1.165) is 25.7 Å². The molecule has 0 bridgehead atoms. The van der Waals surface area contributed by atoms with E-state index >= 15 is 0 Å². The topological polar surface area (TPSA) is 247 Å². The number of amides is 3. The van der Waals surface area contributed by atoms with Gasteiger partial charge in [0, 0.05) is 29.9 Å². The molecule has 6 N–H and O–H groups in total.